The minimum Gasteiger partial charge on any atom is -0.492 e. The molecule has 0 aliphatic carbocycles. The maximum Gasteiger partial charge on any atom is 0.193 e. The first-order valence-electron chi connectivity index (χ1n) is 8.76. The Morgan fingerprint density at radius 2 is 1.50 bits per heavy atom. The van der Waals surface area contributed by atoms with Crippen LogP contribution in [-0.2, 0) is 18.4 Å². The van der Waals surface area contributed by atoms with Crippen molar-refractivity contribution in [2.24, 2.45) is 0 Å². The molecule has 1 aliphatic heterocycles. The lowest BCUT2D eigenvalue weighted by molar-refractivity contribution is -0.131. The fraction of sp³-hybridized carbons (Fsp3) is 0.833. The summed E-state index contributed by atoms with van der Waals surface area (Å²) in [6, 6.07) is 0. The first kappa shape index (κ1) is 21.6. The Bertz CT molecular complexity index is 484. The maximum absolute atomic E-state index is 12.4. The number of carbonyl (C=O) groups is 1. The van der Waals surface area contributed by atoms with Gasteiger partial charge in [-0.15, -0.1) is 0 Å². The number of ether oxygens (including phenoxy) is 1. The molecule has 0 amide bonds. The van der Waals surface area contributed by atoms with Crippen LogP contribution in [0.1, 0.15) is 41.5 Å². The summed E-state index contributed by atoms with van der Waals surface area (Å²) >= 11 is 0. The molecule has 0 saturated heterocycles. The van der Waals surface area contributed by atoms with Crippen LogP contribution in [0.2, 0.25) is 36.3 Å². The van der Waals surface area contributed by atoms with Gasteiger partial charge in [0.2, 0.25) is 0 Å². The zero-order valence-corrected chi connectivity index (χ0v) is 19.1. The second-order valence-corrected chi connectivity index (χ2v) is 19.3. The lowest BCUT2D eigenvalue weighted by atomic mass is 10.1. The topological polar surface area (TPSA) is 44.8 Å². The van der Waals surface area contributed by atoms with Gasteiger partial charge in [0.15, 0.2) is 28.5 Å². The Kier molecular flexibility index (Phi) is 6.35. The number of rotatable bonds is 5. The van der Waals surface area contributed by atoms with Crippen molar-refractivity contribution < 1.29 is 18.4 Å². The summed E-state index contributed by atoms with van der Waals surface area (Å²) in [5, 5.41) is 0.163. The molecule has 1 aliphatic rings. The monoisotopic (exact) mass is 372 g/mol. The van der Waals surface area contributed by atoms with Gasteiger partial charge in [-0.25, -0.2) is 0 Å². The number of hydrogen-bond donors (Lipinski definition) is 0. The Morgan fingerprint density at radius 3 is 1.96 bits per heavy atom. The molecule has 24 heavy (non-hydrogen) atoms. The second kappa shape index (κ2) is 7.06. The lowest BCUT2D eigenvalue weighted by Crippen LogP contribution is -2.53. The minimum absolute atomic E-state index is 0.0186. The van der Waals surface area contributed by atoms with Crippen LogP contribution in [0.5, 0.6) is 0 Å². The van der Waals surface area contributed by atoms with Crippen LogP contribution in [0.15, 0.2) is 12.3 Å². The van der Waals surface area contributed by atoms with Crippen molar-refractivity contribution in [2.75, 3.05) is 6.61 Å². The molecule has 0 radical (unpaired) electrons. The Labute approximate surface area is 150 Å². The molecule has 0 aromatic rings. The molecular weight excluding hydrogens is 336 g/mol. The van der Waals surface area contributed by atoms with Crippen molar-refractivity contribution in [2.45, 2.75) is 90.0 Å². The molecule has 0 saturated carbocycles. The molecule has 4 nitrogen and oxygen atoms in total. The average molecular weight is 373 g/mol. The number of hydrogen-bond acceptors (Lipinski definition) is 4. The summed E-state index contributed by atoms with van der Waals surface area (Å²) in [5.41, 5.74) is 0. The van der Waals surface area contributed by atoms with E-state index in [1.165, 1.54) is 12.3 Å². The predicted octanol–water partition coefficient (Wildman–Crippen LogP) is 4.88. The van der Waals surface area contributed by atoms with Crippen LogP contribution in [-0.4, -0.2) is 41.2 Å². The molecule has 1 rings (SSSR count). The third kappa shape index (κ3) is 5.03. The van der Waals surface area contributed by atoms with Crippen molar-refractivity contribution in [1.82, 2.24) is 0 Å². The minimum atomic E-state index is -2.07. The average Bonchev–Trinajstić information content (AvgIpc) is 2.36. The van der Waals surface area contributed by atoms with Gasteiger partial charge in [0.1, 0.15) is 6.10 Å². The van der Waals surface area contributed by atoms with E-state index in [4.69, 9.17) is 13.6 Å². The first-order chi connectivity index (χ1) is 10.6. The van der Waals surface area contributed by atoms with Crippen LogP contribution in [0.3, 0.4) is 0 Å². The smallest absolute Gasteiger partial charge is 0.193 e. The quantitative estimate of drug-likeness (QED) is 0.645. The van der Waals surface area contributed by atoms with Crippen molar-refractivity contribution in [3.8, 4) is 0 Å². The highest BCUT2D eigenvalue weighted by molar-refractivity contribution is 6.74. The SMILES string of the molecule is CC(C)(C)[Si](C)(C)OC[C@H]1OC=CC(=O)[C@H]1O[Si](C)(C)C(C)(C)C. The van der Waals surface area contributed by atoms with Gasteiger partial charge < -0.3 is 13.6 Å². The molecule has 0 aromatic carbocycles. The molecule has 140 valence electrons. The van der Waals surface area contributed by atoms with E-state index < -0.39 is 22.7 Å². The zero-order chi connectivity index (χ0) is 19.0. The van der Waals surface area contributed by atoms with Gasteiger partial charge in [-0.3, -0.25) is 4.79 Å². The third-order valence-corrected chi connectivity index (χ3v) is 14.7. The highest BCUT2D eigenvalue weighted by atomic mass is 28.4. The van der Waals surface area contributed by atoms with E-state index in [0.717, 1.165) is 0 Å². The van der Waals surface area contributed by atoms with Gasteiger partial charge in [-0.2, -0.15) is 0 Å². The Hall–Kier alpha value is -0.436. The molecule has 6 heteroatoms. The molecule has 1 heterocycles. The largest absolute Gasteiger partial charge is 0.492 e. The first-order valence-corrected chi connectivity index (χ1v) is 14.6. The fourth-order valence-electron chi connectivity index (χ4n) is 1.82. The van der Waals surface area contributed by atoms with Crippen LogP contribution in [0.4, 0.5) is 0 Å². The summed E-state index contributed by atoms with van der Waals surface area (Å²) in [5.74, 6) is -0.0186. The highest BCUT2D eigenvalue weighted by Gasteiger charge is 2.45. The van der Waals surface area contributed by atoms with Crippen molar-refractivity contribution >= 4 is 22.4 Å². The zero-order valence-electron chi connectivity index (χ0n) is 17.1. The molecule has 0 unspecified atom stereocenters. The Balaban J connectivity index is 2.89. The molecule has 0 aromatic heterocycles. The van der Waals surface area contributed by atoms with Crippen LogP contribution < -0.4 is 0 Å². The number of ketones is 1. The van der Waals surface area contributed by atoms with E-state index in [2.05, 4.69) is 67.7 Å². The standard InChI is InChI=1S/C18H36O4Si2/c1-17(2,3)23(7,8)21-13-15-16(14(19)11-12-20-15)22-24(9,10)18(4,5)6/h11-12,15-16H,13H2,1-10H3/t15-,16-/m1/s1. The van der Waals surface area contributed by atoms with Crippen LogP contribution in [0, 0.1) is 0 Å². The summed E-state index contributed by atoms with van der Waals surface area (Å²) in [6.07, 6.45) is 2.01. The van der Waals surface area contributed by atoms with Gasteiger partial charge in [-0.1, -0.05) is 41.5 Å². The molecule has 0 fully saturated rings. The van der Waals surface area contributed by atoms with Gasteiger partial charge >= 0.3 is 0 Å². The maximum atomic E-state index is 12.4. The molecular formula is C18H36O4Si2. The predicted molar refractivity (Wildman–Crippen MR) is 104 cm³/mol. The third-order valence-electron chi connectivity index (χ3n) is 5.75. The van der Waals surface area contributed by atoms with Crippen LogP contribution >= 0.6 is 0 Å². The molecule has 0 bridgehead atoms. The summed E-state index contributed by atoms with van der Waals surface area (Å²) < 4.78 is 18.4. The van der Waals surface area contributed by atoms with E-state index >= 15 is 0 Å². The number of carbonyl (C=O) groups excluding carboxylic acids is 1. The van der Waals surface area contributed by atoms with E-state index in [0.29, 0.717) is 6.61 Å². The van der Waals surface area contributed by atoms with E-state index in [1.54, 1.807) is 0 Å². The van der Waals surface area contributed by atoms with Gasteiger partial charge in [0, 0.05) is 6.08 Å². The van der Waals surface area contributed by atoms with E-state index in [9.17, 15) is 4.79 Å². The van der Waals surface area contributed by atoms with Crippen molar-refractivity contribution in [3.05, 3.63) is 12.3 Å². The van der Waals surface area contributed by atoms with E-state index in [-0.39, 0.29) is 22.0 Å². The van der Waals surface area contributed by atoms with Gasteiger partial charge in [0.25, 0.3) is 0 Å². The summed E-state index contributed by atoms with van der Waals surface area (Å²) in [7, 11) is -3.96. The summed E-state index contributed by atoms with van der Waals surface area (Å²) in [4.78, 5) is 12.4. The van der Waals surface area contributed by atoms with E-state index in [1.807, 2.05) is 0 Å². The second-order valence-electron chi connectivity index (χ2n) is 9.75. The lowest BCUT2D eigenvalue weighted by Gasteiger charge is -2.42. The van der Waals surface area contributed by atoms with Gasteiger partial charge in [-0.05, 0) is 36.3 Å². The molecule has 0 spiro atoms. The van der Waals surface area contributed by atoms with Crippen LogP contribution in [0.25, 0.3) is 0 Å². The molecule has 2 atom stereocenters. The summed E-state index contributed by atoms with van der Waals surface area (Å²) in [6.45, 7) is 22.2. The highest BCUT2D eigenvalue weighted by Crippen LogP contribution is 2.39. The Morgan fingerprint density at radius 1 is 1.00 bits per heavy atom. The normalized spacial score (nSPS) is 23.3. The van der Waals surface area contributed by atoms with Crippen molar-refractivity contribution in [3.63, 3.8) is 0 Å². The van der Waals surface area contributed by atoms with Gasteiger partial charge in [0.05, 0.1) is 12.9 Å². The molecule has 0 N–H and O–H groups in total. The fourth-order valence-corrected chi connectivity index (χ4v) is 4.09. The van der Waals surface area contributed by atoms with Crippen molar-refractivity contribution in [1.29, 1.82) is 0 Å².